The van der Waals surface area contributed by atoms with Crippen LogP contribution in [0.15, 0.2) is 35.5 Å². The van der Waals surface area contributed by atoms with Gasteiger partial charge in [-0.25, -0.2) is 23.8 Å². The van der Waals surface area contributed by atoms with Gasteiger partial charge in [0, 0.05) is 0 Å². The summed E-state index contributed by atoms with van der Waals surface area (Å²) in [5, 5.41) is 0. The molecule has 0 unspecified atom stereocenters. The van der Waals surface area contributed by atoms with Gasteiger partial charge < -0.3 is 0 Å². The van der Waals surface area contributed by atoms with Gasteiger partial charge in [-0.2, -0.15) is 11.6 Å². The average molecular weight is 293 g/mol. The van der Waals surface area contributed by atoms with E-state index in [1.54, 1.807) is 20.0 Å². The van der Waals surface area contributed by atoms with Crippen LogP contribution in [0.3, 0.4) is 0 Å². The zero-order valence-corrected chi connectivity index (χ0v) is 12.9. The minimum absolute atomic E-state index is 0. The third-order valence-electron chi connectivity index (χ3n) is 1.94. The molecule has 0 amide bonds. The second kappa shape index (κ2) is 15.1. The van der Waals surface area contributed by atoms with Gasteiger partial charge in [-0.15, -0.1) is 44.6 Å². The summed E-state index contributed by atoms with van der Waals surface area (Å²) in [6.07, 6.45) is 16.2. The van der Waals surface area contributed by atoms with E-state index < -0.39 is 0 Å². The Hall–Kier alpha value is 0.124. The Morgan fingerprint density at radius 1 is 1.19 bits per heavy atom. The molecule has 0 radical (unpaired) electrons. The van der Waals surface area contributed by atoms with E-state index in [0.717, 1.165) is 12.8 Å². The fraction of sp³-hybridized carbons (Fsp3) is 0.308. The first-order valence-corrected chi connectivity index (χ1v) is 5.71. The third kappa shape index (κ3) is 10.6. The molecule has 0 N–H and O–H groups in total. The molecule has 0 fully saturated rings. The van der Waals surface area contributed by atoms with Gasteiger partial charge in [-0.3, -0.25) is 12.2 Å². The van der Waals surface area contributed by atoms with Gasteiger partial charge >= 0.3 is 24.8 Å². The molecule has 0 aliphatic heterocycles. The monoisotopic (exact) mass is 292 g/mol. The number of hydrogen-bond acceptors (Lipinski definition) is 0. The van der Waals surface area contributed by atoms with Crippen LogP contribution < -0.4 is 0 Å². The fourth-order valence-electron chi connectivity index (χ4n) is 0.960. The van der Waals surface area contributed by atoms with Crippen LogP contribution in [-0.4, -0.2) is 4.82 Å². The molecule has 0 saturated carbocycles. The van der Waals surface area contributed by atoms with Crippen LogP contribution >= 0.6 is 24.8 Å². The maximum atomic E-state index is 3.25. The Balaban J connectivity index is -0.000000169. The first-order chi connectivity index (χ1) is 6.80. The number of allylic oxidation sites excluding steroid dienone is 8. The topological polar surface area (TPSA) is 0 Å². The Morgan fingerprint density at radius 3 is 1.94 bits per heavy atom. The van der Waals surface area contributed by atoms with Crippen LogP contribution in [0.5, 0.6) is 0 Å². The molecule has 0 nitrogen and oxygen atoms in total. The molecular weight excluding hydrogens is 275 g/mol. The van der Waals surface area contributed by atoms with Crippen LogP contribution in [0.4, 0.5) is 0 Å². The van der Waals surface area contributed by atoms with Crippen molar-refractivity contribution >= 4 is 29.6 Å². The van der Waals surface area contributed by atoms with E-state index in [9.17, 15) is 0 Å². The first kappa shape index (κ1) is 21.4. The standard InChI is InChI=1S/C7H9.C5H5.CH2.2ClH.Ti/c1-6-4-3-5-7(6)2;1-2-4-5-3-1;;;;/h4H,5H2,1-2H3;1-3H,4H2;1H2;2*1H;/q2*-1;;;;+2. The third-order valence-corrected chi connectivity index (χ3v) is 1.94. The van der Waals surface area contributed by atoms with Crippen molar-refractivity contribution in [2.45, 2.75) is 26.7 Å². The zero-order chi connectivity index (χ0) is 10.8. The van der Waals surface area contributed by atoms with Crippen molar-refractivity contribution in [2.24, 2.45) is 0 Å². The quantitative estimate of drug-likeness (QED) is 0.464. The fourth-order valence-corrected chi connectivity index (χ4v) is 0.960. The molecule has 0 atom stereocenters. The molecule has 2 aliphatic rings. The summed E-state index contributed by atoms with van der Waals surface area (Å²) in [7, 11) is 0. The van der Waals surface area contributed by atoms with Gasteiger partial charge in [0.05, 0.1) is 0 Å². The van der Waals surface area contributed by atoms with E-state index in [1.807, 2.05) is 12.2 Å². The van der Waals surface area contributed by atoms with Gasteiger partial charge in [-0.05, 0) is 0 Å². The normalized spacial score (nSPS) is 14.2. The SMILES string of the molecule is CC1=C(C)C[C-]=C1.Cl.Cl.[C-]1=CC=CC1.[CH2]=[Ti+2]. The summed E-state index contributed by atoms with van der Waals surface area (Å²) in [6, 6.07) is 0. The zero-order valence-electron chi connectivity index (χ0n) is 9.75. The first-order valence-electron chi connectivity index (χ1n) is 4.61. The summed E-state index contributed by atoms with van der Waals surface area (Å²) in [5.74, 6) is 0. The molecule has 2 aliphatic carbocycles. The molecule has 2 rings (SSSR count). The van der Waals surface area contributed by atoms with Gasteiger partial charge in [0.15, 0.2) is 0 Å². The Labute approximate surface area is 123 Å². The Bertz CT molecular complexity index is 266. The van der Waals surface area contributed by atoms with E-state index in [1.165, 1.54) is 11.1 Å². The molecule has 16 heavy (non-hydrogen) atoms. The Kier molecular flexibility index (Phi) is 20.2. The van der Waals surface area contributed by atoms with E-state index in [0.29, 0.717) is 0 Å². The van der Waals surface area contributed by atoms with Gasteiger partial charge in [-0.1, -0.05) is 6.92 Å². The summed E-state index contributed by atoms with van der Waals surface area (Å²) in [5.41, 5.74) is 2.85. The summed E-state index contributed by atoms with van der Waals surface area (Å²) >= 11 is 1.75. The van der Waals surface area contributed by atoms with Crippen LogP contribution in [0.25, 0.3) is 0 Å². The van der Waals surface area contributed by atoms with Crippen LogP contribution in [0, 0.1) is 12.2 Å². The second-order valence-corrected chi connectivity index (χ2v) is 2.99. The van der Waals surface area contributed by atoms with Crippen molar-refractivity contribution in [1.29, 1.82) is 0 Å². The van der Waals surface area contributed by atoms with Crippen LogP contribution in [-0.2, 0) is 20.0 Å². The molecule has 0 heterocycles. The number of rotatable bonds is 0. The van der Waals surface area contributed by atoms with Crippen molar-refractivity contribution in [3.63, 3.8) is 0 Å². The predicted molar refractivity (Wildman–Crippen MR) is 74.0 cm³/mol. The van der Waals surface area contributed by atoms with Crippen LogP contribution in [0.1, 0.15) is 26.7 Å². The summed E-state index contributed by atoms with van der Waals surface area (Å²) in [6.45, 7) is 4.27. The van der Waals surface area contributed by atoms with Crippen molar-refractivity contribution in [2.75, 3.05) is 0 Å². The summed E-state index contributed by atoms with van der Waals surface area (Å²) < 4.78 is 0. The van der Waals surface area contributed by atoms with Crippen molar-refractivity contribution in [3.8, 4) is 0 Å². The average Bonchev–Trinajstić information content (AvgIpc) is 2.86. The van der Waals surface area contributed by atoms with E-state index >= 15 is 0 Å². The van der Waals surface area contributed by atoms with Gasteiger partial charge in [0.1, 0.15) is 0 Å². The van der Waals surface area contributed by atoms with Crippen molar-refractivity contribution < 1.29 is 20.0 Å². The molecule has 0 aromatic carbocycles. The number of halogens is 2. The van der Waals surface area contributed by atoms with E-state index in [-0.39, 0.29) is 24.8 Å². The molecule has 0 saturated heterocycles. The Morgan fingerprint density at radius 2 is 1.81 bits per heavy atom. The molecule has 3 heteroatoms. The number of hydrogen-bond donors (Lipinski definition) is 0. The molecule has 0 aromatic heterocycles. The van der Waals surface area contributed by atoms with Crippen molar-refractivity contribution in [3.05, 3.63) is 47.6 Å². The molecular formula is C13H18Cl2Ti. The second-order valence-electron chi connectivity index (χ2n) is 2.99. The van der Waals surface area contributed by atoms with Crippen LogP contribution in [0.2, 0.25) is 0 Å². The van der Waals surface area contributed by atoms with Crippen molar-refractivity contribution in [1.82, 2.24) is 0 Å². The predicted octanol–water partition coefficient (Wildman–Crippen LogP) is 4.20. The molecule has 0 bridgehead atoms. The van der Waals surface area contributed by atoms with E-state index in [2.05, 4.69) is 43.0 Å². The molecule has 88 valence electrons. The molecule has 0 aromatic rings. The summed E-state index contributed by atoms with van der Waals surface area (Å²) in [4.78, 5) is 3.25. The van der Waals surface area contributed by atoms with Gasteiger partial charge in [0.25, 0.3) is 0 Å². The maximum absolute atomic E-state index is 3.25. The van der Waals surface area contributed by atoms with Gasteiger partial charge in [0.2, 0.25) is 0 Å². The molecule has 0 spiro atoms. The van der Waals surface area contributed by atoms with E-state index in [4.69, 9.17) is 0 Å². The minimum atomic E-state index is 0.